The Labute approximate surface area is 117 Å². The Bertz CT molecular complexity index is 725. The summed E-state index contributed by atoms with van der Waals surface area (Å²) in [6.45, 7) is 0. The second kappa shape index (κ2) is 4.29. The van der Waals surface area contributed by atoms with Gasteiger partial charge >= 0.3 is 0 Å². The van der Waals surface area contributed by atoms with E-state index in [1.165, 1.54) is 0 Å². The molecule has 0 N–H and O–H groups in total. The van der Waals surface area contributed by atoms with E-state index in [1.54, 1.807) is 22.7 Å². The fourth-order valence-electron chi connectivity index (χ4n) is 1.90. The summed E-state index contributed by atoms with van der Waals surface area (Å²) in [5.74, 6) is 0. The molecule has 0 amide bonds. The van der Waals surface area contributed by atoms with Crippen LogP contribution in [0.3, 0.4) is 0 Å². The number of nitrogens with zero attached hydrogens (tertiary/aromatic N) is 3. The van der Waals surface area contributed by atoms with E-state index in [0.717, 1.165) is 30.7 Å². The zero-order valence-corrected chi connectivity index (χ0v) is 11.4. The van der Waals surface area contributed by atoms with Gasteiger partial charge in [0.05, 0.1) is 20.4 Å². The maximum atomic E-state index is 4.53. The molecule has 0 spiro atoms. The fraction of sp³-hybridized carbons (Fsp3) is 0. The molecule has 19 heavy (non-hydrogen) atoms. The Hall–Kier alpha value is -1.98. The van der Waals surface area contributed by atoms with Gasteiger partial charge in [-0.25, -0.2) is 9.97 Å². The molecule has 0 aliphatic rings. The molecule has 0 saturated carbocycles. The number of hydrogen-bond donors (Lipinski definition) is 0. The van der Waals surface area contributed by atoms with Gasteiger partial charge in [-0.1, -0.05) is 46.9 Å². The molecule has 4 rings (SSSR count). The maximum Gasteiger partial charge on any atom is 0.212 e. The van der Waals surface area contributed by atoms with Crippen LogP contribution in [0.1, 0.15) is 0 Å². The van der Waals surface area contributed by atoms with E-state index in [9.17, 15) is 0 Å². The minimum absolute atomic E-state index is 0.764. The average molecular weight is 282 g/mol. The number of fused-ring (bicyclic) bond motifs is 2. The molecule has 2 aromatic heterocycles. The summed E-state index contributed by atoms with van der Waals surface area (Å²) < 4.78 is 2.31. The van der Waals surface area contributed by atoms with Crippen molar-refractivity contribution in [1.82, 2.24) is 15.3 Å². The van der Waals surface area contributed by atoms with Crippen LogP contribution in [0, 0.1) is 0 Å². The van der Waals surface area contributed by atoms with E-state index in [0.29, 0.717) is 0 Å². The number of benzene rings is 2. The normalized spacial score (nSPS) is 11.2. The van der Waals surface area contributed by atoms with Gasteiger partial charge in [-0.05, 0) is 24.3 Å². The molecule has 0 aliphatic carbocycles. The van der Waals surface area contributed by atoms with Gasteiger partial charge in [0.25, 0.3) is 0 Å². The quantitative estimate of drug-likeness (QED) is 0.544. The van der Waals surface area contributed by atoms with Crippen LogP contribution >= 0.6 is 22.7 Å². The maximum absolute atomic E-state index is 4.53. The van der Waals surface area contributed by atoms with Crippen molar-refractivity contribution >= 4 is 53.4 Å². The molecular formula is C14H8N3S2. The SMILES string of the molecule is c1ccc2sc([N]c3nc4ccccc4s3)nc2c1. The van der Waals surface area contributed by atoms with E-state index in [-0.39, 0.29) is 0 Å². The molecule has 5 heteroatoms. The predicted octanol–water partition coefficient (Wildman–Crippen LogP) is 4.47. The Morgan fingerprint density at radius 1 is 0.684 bits per heavy atom. The Kier molecular flexibility index (Phi) is 2.46. The van der Waals surface area contributed by atoms with E-state index in [4.69, 9.17) is 0 Å². The van der Waals surface area contributed by atoms with Gasteiger partial charge in [0, 0.05) is 0 Å². The Morgan fingerprint density at radius 2 is 1.16 bits per heavy atom. The lowest BCUT2D eigenvalue weighted by Crippen LogP contribution is -1.85. The van der Waals surface area contributed by atoms with Crippen LogP contribution in [-0.2, 0) is 0 Å². The minimum atomic E-state index is 0.764. The van der Waals surface area contributed by atoms with Crippen molar-refractivity contribution in [1.29, 1.82) is 0 Å². The molecule has 0 fully saturated rings. The highest BCUT2D eigenvalue weighted by atomic mass is 32.1. The van der Waals surface area contributed by atoms with Crippen molar-refractivity contribution in [2.45, 2.75) is 0 Å². The number of rotatable bonds is 2. The lowest BCUT2D eigenvalue weighted by molar-refractivity contribution is 1.14. The first-order valence-electron chi connectivity index (χ1n) is 5.81. The summed E-state index contributed by atoms with van der Waals surface area (Å²) in [6, 6.07) is 16.1. The molecule has 1 radical (unpaired) electrons. The molecule has 2 heterocycles. The lowest BCUT2D eigenvalue weighted by atomic mass is 10.3. The van der Waals surface area contributed by atoms with Crippen LogP contribution in [0.15, 0.2) is 48.5 Å². The van der Waals surface area contributed by atoms with Crippen LogP contribution < -0.4 is 5.32 Å². The van der Waals surface area contributed by atoms with Gasteiger partial charge in [-0.3, -0.25) is 0 Å². The largest absolute Gasteiger partial charge is 0.218 e. The molecule has 2 aromatic carbocycles. The molecule has 3 nitrogen and oxygen atoms in total. The highest BCUT2D eigenvalue weighted by Crippen LogP contribution is 2.32. The first-order chi connectivity index (χ1) is 9.38. The second-order valence-corrected chi connectivity index (χ2v) is 6.06. The number of hydrogen-bond acceptors (Lipinski definition) is 4. The summed E-state index contributed by atoms with van der Waals surface area (Å²) in [4.78, 5) is 8.99. The topological polar surface area (TPSA) is 39.9 Å². The molecule has 0 aliphatic heterocycles. The predicted molar refractivity (Wildman–Crippen MR) is 80.7 cm³/mol. The third kappa shape index (κ3) is 1.97. The van der Waals surface area contributed by atoms with E-state index in [1.807, 2.05) is 36.4 Å². The van der Waals surface area contributed by atoms with Gasteiger partial charge in [0.15, 0.2) is 0 Å². The molecule has 4 aromatic rings. The third-order valence-corrected chi connectivity index (χ3v) is 4.62. The molecule has 0 unspecified atom stereocenters. The van der Waals surface area contributed by atoms with Crippen LogP contribution in [-0.4, -0.2) is 9.97 Å². The zero-order chi connectivity index (χ0) is 12.7. The van der Waals surface area contributed by atoms with Gasteiger partial charge in [0.1, 0.15) is 0 Å². The average Bonchev–Trinajstić information content (AvgIpc) is 3.00. The van der Waals surface area contributed by atoms with Crippen LogP contribution in [0.25, 0.3) is 20.4 Å². The van der Waals surface area contributed by atoms with Gasteiger partial charge in [-0.2, -0.15) is 5.32 Å². The van der Waals surface area contributed by atoms with Gasteiger partial charge in [0.2, 0.25) is 10.3 Å². The summed E-state index contributed by atoms with van der Waals surface area (Å²) in [5.41, 5.74) is 1.99. The lowest BCUT2D eigenvalue weighted by Gasteiger charge is -1.89. The third-order valence-electron chi connectivity index (χ3n) is 2.76. The smallest absolute Gasteiger partial charge is 0.212 e. The summed E-state index contributed by atoms with van der Waals surface area (Å²) in [6.07, 6.45) is 0. The molecule has 0 bridgehead atoms. The number of thiazole rings is 2. The van der Waals surface area contributed by atoms with Crippen molar-refractivity contribution in [2.75, 3.05) is 0 Å². The van der Waals surface area contributed by atoms with Gasteiger partial charge in [-0.15, -0.1) is 0 Å². The van der Waals surface area contributed by atoms with E-state index >= 15 is 0 Å². The number of aromatic nitrogens is 2. The van der Waals surface area contributed by atoms with Gasteiger partial charge < -0.3 is 0 Å². The molecule has 0 atom stereocenters. The first-order valence-corrected chi connectivity index (χ1v) is 7.45. The van der Waals surface area contributed by atoms with Crippen molar-refractivity contribution in [3.63, 3.8) is 0 Å². The molecule has 0 saturated heterocycles. The Balaban J connectivity index is 1.73. The first kappa shape index (κ1) is 10.9. The molecular weight excluding hydrogens is 274 g/mol. The van der Waals surface area contributed by atoms with Crippen LogP contribution in [0.2, 0.25) is 0 Å². The van der Waals surface area contributed by atoms with Crippen LogP contribution in [0.5, 0.6) is 0 Å². The van der Waals surface area contributed by atoms with Crippen LogP contribution in [0.4, 0.5) is 10.3 Å². The van der Waals surface area contributed by atoms with Crippen molar-refractivity contribution < 1.29 is 0 Å². The monoisotopic (exact) mass is 282 g/mol. The van der Waals surface area contributed by atoms with E-state index < -0.39 is 0 Å². The van der Waals surface area contributed by atoms with Crippen molar-refractivity contribution in [2.24, 2.45) is 0 Å². The van der Waals surface area contributed by atoms with Crippen molar-refractivity contribution in [3.8, 4) is 0 Å². The fourth-order valence-corrected chi connectivity index (χ4v) is 3.63. The zero-order valence-electron chi connectivity index (χ0n) is 9.78. The summed E-state index contributed by atoms with van der Waals surface area (Å²) >= 11 is 3.18. The number of para-hydroxylation sites is 2. The van der Waals surface area contributed by atoms with E-state index in [2.05, 4.69) is 27.4 Å². The summed E-state index contributed by atoms with van der Waals surface area (Å²) in [5, 5.41) is 6.06. The standard InChI is InChI=1S/C14H8N3S2/c1-3-7-11-9(5-1)15-13(18-11)17-14-16-10-6-2-4-8-12(10)19-14/h1-8H. The highest BCUT2D eigenvalue weighted by Gasteiger charge is 2.09. The summed E-state index contributed by atoms with van der Waals surface area (Å²) in [7, 11) is 0. The molecule has 91 valence electrons. The van der Waals surface area contributed by atoms with Crippen molar-refractivity contribution in [3.05, 3.63) is 48.5 Å². The minimum Gasteiger partial charge on any atom is -0.218 e. The highest BCUT2D eigenvalue weighted by molar-refractivity contribution is 7.23. The second-order valence-electron chi connectivity index (χ2n) is 4.04. The Morgan fingerprint density at radius 3 is 1.63 bits per heavy atom.